The topological polar surface area (TPSA) is 106 Å². The van der Waals surface area contributed by atoms with Crippen LogP contribution in [0.3, 0.4) is 0 Å². The molecule has 26 heavy (non-hydrogen) atoms. The molecular weight excluding hydrogens is 324 g/mol. The van der Waals surface area contributed by atoms with Gasteiger partial charge in [0.2, 0.25) is 0 Å². The Morgan fingerprint density at radius 3 is 2.31 bits per heavy atom. The van der Waals surface area contributed by atoms with Gasteiger partial charge in [-0.25, -0.2) is 0 Å². The summed E-state index contributed by atoms with van der Waals surface area (Å²) in [5, 5.41) is 23.0. The minimum atomic E-state index is -0.601. The normalized spacial score (nSPS) is 10.5. The summed E-state index contributed by atoms with van der Waals surface area (Å²) < 4.78 is 0. The lowest BCUT2D eigenvalue weighted by Gasteiger charge is -2.13. The molecule has 0 fully saturated rings. The minimum Gasteiger partial charge on any atom is -0.384 e. The van der Waals surface area contributed by atoms with Crippen LogP contribution in [0.5, 0.6) is 0 Å². The van der Waals surface area contributed by atoms with Gasteiger partial charge in [-0.15, -0.1) is 0 Å². The van der Waals surface area contributed by atoms with Gasteiger partial charge in [0.15, 0.2) is 0 Å². The number of nitrogen functional groups attached to an aromatic ring is 1. The second kappa shape index (κ2) is 5.77. The monoisotopic (exact) mass is 336 g/mol. The summed E-state index contributed by atoms with van der Waals surface area (Å²) in [5.74, 6) is -0.0382. The molecule has 0 radical (unpaired) electrons. The molecule has 4 aromatic rings. The number of hydrogen-bond donors (Lipinski definition) is 2. The van der Waals surface area contributed by atoms with Gasteiger partial charge < -0.3 is 10.7 Å². The molecule has 3 aromatic carbocycles. The standard InChI is InChI=1S/C21H12N4O/c22-10-16-19(17(11-23)21(26)25-20(16)24)15-7-3-5-13-9-8-12-4-1-2-6-14(12)18(13)15/h1-9H,(H3,24,25,26). The Labute approximate surface area is 148 Å². The first kappa shape index (κ1) is 15.4. The molecule has 0 amide bonds. The molecule has 0 aliphatic rings. The predicted octanol–water partition coefficient (Wildman–Crippen LogP) is 3.67. The molecule has 3 N–H and O–H groups in total. The Balaban J connectivity index is 2.29. The Hall–Kier alpha value is -4.09. The average molecular weight is 336 g/mol. The van der Waals surface area contributed by atoms with Crippen LogP contribution >= 0.6 is 0 Å². The van der Waals surface area contributed by atoms with E-state index in [9.17, 15) is 15.3 Å². The highest BCUT2D eigenvalue weighted by atomic mass is 16.1. The molecule has 0 atom stereocenters. The minimum absolute atomic E-state index is 0.0382. The van der Waals surface area contributed by atoms with Crippen LogP contribution in [-0.2, 0) is 0 Å². The van der Waals surface area contributed by atoms with Crippen molar-refractivity contribution in [1.29, 1.82) is 10.5 Å². The number of pyridine rings is 1. The van der Waals surface area contributed by atoms with Gasteiger partial charge in [-0.2, -0.15) is 10.5 Å². The molecule has 1 heterocycles. The number of hydrogen-bond acceptors (Lipinski definition) is 4. The molecule has 0 unspecified atom stereocenters. The fourth-order valence-corrected chi connectivity index (χ4v) is 3.38. The van der Waals surface area contributed by atoms with Gasteiger partial charge >= 0.3 is 0 Å². The lowest BCUT2D eigenvalue weighted by molar-refractivity contribution is 1.21. The number of nitrogens with zero attached hydrogens (tertiary/aromatic N) is 2. The molecule has 5 heteroatoms. The van der Waals surface area contributed by atoms with Crippen molar-refractivity contribution in [3.05, 3.63) is 76.1 Å². The van der Waals surface area contributed by atoms with E-state index in [1.807, 2.05) is 66.7 Å². The largest absolute Gasteiger partial charge is 0.384 e. The second-order valence-corrected chi connectivity index (χ2v) is 5.91. The van der Waals surface area contributed by atoms with Gasteiger partial charge in [-0.3, -0.25) is 4.79 Å². The van der Waals surface area contributed by atoms with Crippen molar-refractivity contribution >= 4 is 27.4 Å². The van der Waals surface area contributed by atoms with E-state index in [0.717, 1.165) is 21.5 Å². The van der Waals surface area contributed by atoms with Crippen LogP contribution in [0.15, 0.2) is 59.4 Å². The molecule has 0 bridgehead atoms. The number of benzene rings is 3. The summed E-state index contributed by atoms with van der Waals surface area (Å²) in [6, 6.07) is 21.4. The fraction of sp³-hybridized carbons (Fsp3) is 0. The Kier molecular flexibility index (Phi) is 3.42. The zero-order valence-corrected chi connectivity index (χ0v) is 13.6. The second-order valence-electron chi connectivity index (χ2n) is 5.91. The summed E-state index contributed by atoms with van der Waals surface area (Å²) in [4.78, 5) is 14.6. The highest BCUT2D eigenvalue weighted by Gasteiger charge is 2.20. The van der Waals surface area contributed by atoms with Crippen LogP contribution in [0.4, 0.5) is 5.82 Å². The van der Waals surface area contributed by atoms with Crippen LogP contribution in [0.2, 0.25) is 0 Å². The van der Waals surface area contributed by atoms with Gasteiger partial charge in [0.1, 0.15) is 29.1 Å². The molecule has 0 aliphatic heterocycles. The van der Waals surface area contributed by atoms with Crippen molar-refractivity contribution in [3.63, 3.8) is 0 Å². The van der Waals surface area contributed by atoms with E-state index < -0.39 is 5.56 Å². The predicted molar refractivity (Wildman–Crippen MR) is 101 cm³/mol. The number of nitrogens with one attached hydrogen (secondary N) is 1. The van der Waals surface area contributed by atoms with E-state index in [2.05, 4.69) is 4.98 Å². The van der Waals surface area contributed by atoms with Crippen molar-refractivity contribution in [1.82, 2.24) is 4.98 Å². The van der Waals surface area contributed by atoms with Crippen molar-refractivity contribution in [2.24, 2.45) is 0 Å². The third-order valence-corrected chi connectivity index (χ3v) is 4.51. The maximum Gasteiger partial charge on any atom is 0.268 e. The summed E-state index contributed by atoms with van der Waals surface area (Å²) >= 11 is 0. The van der Waals surface area contributed by atoms with Crippen LogP contribution in [0, 0.1) is 22.7 Å². The summed E-state index contributed by atoms with van der Waals surface area (Å²) in [7, 11) is 0. The van der Waals surface area contributed by atoms with Crippen molar-refractivity contribution in [2.45, 2.75) is 0 Å². The number of aromatic nitrogens is 1. The third kappa shape index (κ3) is 2.12. The maximum atomic E-state index is 12.3. The molecule has 4 rings (SSSR count). The van der Waals surface area contributed by atoms with E-state index in [4.69, 9.17) is 5.73 Å². The molecule has 0 spiro atoms. The zero-order valence-electron chi connectivity index (χ0n) is 13.6. The number of nitrogens with two attached hydrogens (primary N) is 1. The molecule has 0 saturated carbocycles. The summed E-state index contributed by atoms with van der Waals surface area (Å²) in [6.45, 7) is 0. The van der Waals surface area contributed by atoms with Crippen molar-refractivity contribution < 1.29 is 0 Å². The van der Waals surface area contributed by atoms with Crippen LogP contribution in [0.25, 0.3) is 32.7 Å². The van der Waals surface area contributed by atoms with Crippen LogP contribution in [0.1, 0.15) is 11.1 Å². The van der Waals surface area contributed by atoms with Gasteiger partial charge in [-0.05, 0) is 27.1 Å². The average Bonchev–Trinajstić information content (AvgIpc) is 2.67. The van der Waals surface area contributed by atoms with Gasteiger partial charge in [0, 0.05) is 5.56 Å². The SMILES string of the molecule is N#Cc1c(N)[nH]c(=O)c(C#N)c1-c1cccc2ccc3ccccc3c12. The Bertz CT molecular complexity index is 1340. The molecular formula is C21H12N4O. The molecule has 5 nitrogen and oxygen atoms in total. The van der Waals surface area contributed by atoms with Crippen molar-refractivity contribution in [2.75, 3.05) is 5.73 Å². The van der Waals surface area contributed by atoms with Gasteiger partial charge in [0.25, 0.3) is 5.56 Å². The number of H-pyrrole nitrogens is 1. The number of rotatable bonds is 1. The highest BCUT2D eigenvalue weighted by Crippen LogP contribution is 2.37. The number of anilines is 1. The summed E-state index contributed by atoms with van der Waals surface area (Å²) in [5.41, 5.74) is 6.17. The van der Waals surface area contributed by atoms with Crippen molar-refractivity contribution in [3.8, 4) is 23.3 Å². The molecule has 0 saturated heterocycles. The lowest BCUT2D eigenvalue weighted by Crippen LogP contribution is -2.16. The first-order valence-electron chi connectivity index (χ1n) is 7.92. The number of fused-ring (bicyclic) bond motifs is 3. The lowest BCUT2D eigenvalue weighted by atomic mass is 9.90. The molecule has 1 aromatic heterocycles. The van der Waals surface area contributed by atoms with E-state index in [0.29, 0.717) is 5.56 Å². The number of nitriles is 2. The zero-order chi connectivity index (χ0) is 18.3. The van der Waals surface area contributed by atoms with E-state index in [1.54, 1.807) is 0 Å². The number of aromatic amines is 1. The van der Waals surface area contributed by atoms with Crippen LogP contribution < -0.4 is 11.3 Å². The Morgan fingerprint density at radius 1 is 0.846 bits per heavy atom. The molecule has 122 valence electrons. The first-order valence-corrected chi connectivity index (χ1v) is 7.92. The molecule has 0 aliphatic carbocycles. The van der Waals surface area contributed by atoms with E-state index in [1.165, 1.54) is 0 Å². The van der Waals surface area contributed by atoms with E-state index >= 15 is 0 Å². The van der Waals surface area contributed by atoms with Crippen LogP contribution in [-0.4, -0.2) is 4.98 Å². The van der Waals surface area contributed by atoms with E-state index in [-0.39, 0.29) is 22.5 Å². The van der Waals surface area contributed by atoms with Gasteiger partial charge in [0.05, 0.1) is 0 Å². The maximum absolute atomic E-state index is 12.3. The quantitative estimate of drug-likeness (QED) is 0.517. The highest BCUT2D eigenvalue weighted by molar-refractivity contribution is 6.15. The third-order valence-electron chi connectivity index (χ3n) is 4.51. The smallest absolute Gasteiger partial charge is 0.268 e. The van der Waals surface area contributed by atoms with Gasteiger partial charge in [-0.1, -0.05) is 54.6 Å². The summed E-state index contributed by atoms with van der Waals surface area (Å²) in [6.07, 6.45) is 0. The fourth-order valence-electron chi connectivity index (χ4n) is 3.38. The first-order chi connectivity index (χ1) is 12.7. The Morgan fingerprint density at radius 2 is 1.54 bits per heavy atom.